The molecule has 1 aromatic rings. The second kappa shape index (κ2) is 4.86. The fourth-order valence-electron chi connectivity index (χ4n) is 2.55. The number of amides is 1. The van der Waals surface area contributed by atoms with Crippen molar-refractivity contribution in [1.29, 1.82) is 0 Å². The molecule has 1 N–H and O–H groups in total. The highest BCUT2D eigenvalue weighted by molar-refractivity contribution is 9.10. The molecule has 0 saturated carbocycles. The number of hydrogen-bond donors (Lipinski definition) is 1. The van der Waals surface area contributed by atoms with Crippen molar-refractivity contribution in [1.82, 2.24) is 0 Å². The summed E-state index contributed by atoms with van der Waals surface area (Å²) in [6.07, 6.45) is 0.291. The van der Waals surface area contributed by atoms with Gasteiger partial charge in [-0.15, -0.1) is 0 Å². The van der Waals surface area contributed by atoms with E-state index in [9.17, 15) is 13.4 Å². The van der Waals surface area contributed by atoms with Crippen molar-refractivity contribution >= 4 is 44.0 Å². The van der Waals surface area contributed by atoms with E-state index in [1.165, 1.54) is 6.07 Å². The number of halogens is 2. The molecule has 1 saturated heterocycles. The lowest BCUT2D eigenvalue weighted by Gasteiger charge is -2.35. The van der Waals surface area contributed by atoms with E-state index >= 15 is 0 Å². The van der Waals surface area contributed by atoms with E-state index in [2.05, 4.69) is 21.2 Å². The molecule has 0 bridgehead atoms. The lowest BCUT2D eigenvalue weighted by Crippen LogP contribution is -2.47. The summed E-state index contributed by atoms with van der Waals surface area (Å²) in [6.45, 7) is 0.584. The lowest BCUT2D eigenvalue weighted by molar-refractivity contribution is -0.116. The van der Waals surface area contributed by atoms with Crippen LogP contribution in [0.25, 0.3) is 0 Å². The summed E-state index contributed by atoms with van der Waals surface area (Å²) in [5, 5.41) is 2.79. The maximum absolute atomic E-state index is 13.7. The predicted molar refractivity (Wildman–Crippen MR) is 76.4 cm³/mol. The standard InChI is InChI=1S/C12H12BrFN2O2S/c13-8-4-10-11(5-9(8)14)16-1-2-19(18)6-7(16)3-12(17)15-10/h4-5,7H,1-3,6H2,(H,15,17). The molecule has 1 fully saturated rings. The first-order valence-corrected chi connectivity index (χ1v) is 8.23. The number of nitrogens with one attached hydrogen (secondary N) is 1. The Labute approximate surface area is 120 Å². The summed E-state index contributed by atoms with van der Waals surface area (Å²) in [6, 6.07) is 2.89. The van der Waals surface area contributed by atoms with Gasteiger partial charge in [0.05, 0.1) is 15.8 Å². The summed E-state index contributed by atoms with van der Waals surface area (Å²) < 4.78 is 25.7. The van der Waals surface area contributed by atoms with Gasteiger partial charge in [-0.25, -0.2) is 4.39 Å². The van der Waals surface area contributed by atoms with E-state index in [1.807, 2.05) is 4.90 Å². The van der Waals surface area contributed by atoms with Crippen molar-refractivity contribution in [2.24, 2.45) is 0 Å². The van der Waals surface area contributed by atoms with Crippen molar-refractivity contribution in [3.8, 4) is 0 Å². The second-order valence-electron chi connectivity index (χ2n) is 4.69. The zero-order chi connectivity index (χ0) is 13.6. The van der Waals surface area contributed by atoms with E-state index < -0.39 is 10.8 Å². The fraction of sp³-hybridized carbons (Fsp3) is 0.417. The number of carbonyl (C=O) groups is 1. The van der Waals surface area contributed by atoms with Gasteiger partial charge in [-0.1, -0.05) is 0 Å². The highest BCUT2D eigenvalue weighted by Gasteiger charge is 2.33. The van der Waals surface area contributed by atoms with Gasteiger partial charge in [-0.2, -0.15) is 0 Å². The number of carbonyl (C=O) groups excluding carboxylic acids is 1. The summed E-state index contributed by atoms with van der Waals surface area (Å²) in [5.74, 6) is 0.540. The van der Waals surface area contributed by atoms with Crippen LogP contribution < -0.4 is 10.2 Å². The second-order valence-corrected chi connectivity index (χ2v) is 7.17. The third-order valence-electron chi connectivity index (χ3n) is 3.42. The summed E-state index contributed by atoms with van der Waals surface area (Å²) in [4.78, 5) is 13.8. The molecule has 2 aliphatic rings. The molecule has 1 aromatic carbocycles. The van der Waals surface area contributed by atoms with Crippen LogP contribution in [0.3, 0.4) is 0 Å². The molecule has 0 radical (unpaired) electrons. The van der Waals surface area contributed by atoms with E-state index in [1.54, 1.807) is 6.07 Å². The Hall–Kier alpha value is -0.950. The smallest absolute Gasteiger partial charge is 0.226 e. The number of benzene rings is 1. The number of hydrogen-bond acceptors (Lipinski definition) is 3. The minimum Gasteiger partial charge on any atom is -0.364 e. The minimum absolute atomic E-state index is 0.114. The van der Waals surface area contributed by atoms with E-state index in [4.69, 9.17) is 0 Å². The first kappa shape index (κ1) is 13.1. The topological polar surface area (TPSA) is 49.4 Å². The van der Waals surface area contributed by atoms with Crippen LogP contribution in [0, 0.1) is 5.82 Å². The van der Waals surface area contributed by atoms with Crippen molar-refractivity contribution in [2.75, 3.05) is 28.3 Å². The summed E-state index contributed by atoms with van der Waals surface area (Å²) >= 11 is 3.12. The zero-order valence-electron chi connectivity index (χ0n) is 9.99. The molecule has 2 unspecified atom stereocenters. The summed E-state index contributed by atoms with van der Waals surface area (Å²) in [5.41, 5.74) is 1.28. The van der Waals surface area contributed by atoms with Gasteiger partial charge in [-0.05, 0) is 22.0 Å². The van der Waals surface area contributed by atoms with Gasteiger partial charge < -0.3 is 10.2 Å². The van der Waals surface area contributed by atoms with Crippen LogP contribution in [0.2, 0.25) is 0 Å². The van der Waals surface area contributed by atoms with Crippen molar-refractivity contribution < 1.29 is 13.4 Å². The predicted octanol–water partition coefficient (Wildman–Crippen LogP) is 1.87. The maximum Gasteiger partial charge on any atom is 0.226 e. The van der Waals surface area contributed by atoms with Crippen molar-refractivity contribution in [3.05, 3.63) is 22.4 Å². The SMILES string of the molecule is O=C1CC2CS(=O)CCN2c2cc(F)c(Br)cc2N1. The molecule has 3 rings (SSSR count). The average molecular weight is 347 g/mol. The Morgan fingerprint density at radius 3 is 3.05 bits per heavy atom. The quantitative estimate of drug-likeness (QED) is 0.780. The van der Waals surface area contributed by atoms with Crippen LogP contribution in [0.4, 0.5) is 15.8 Å². The molecule has 0 spiro atoms. The highest BCUT2D eigenvalue weighted by Crippen LogP contribution is 2.36. The molecule has 2 atom stereocenters. The van der Waals surface area contributed by atoms with Crippen LogP contribution in [-0.4, -0.2) is 34.2 Å². The monoisotopic (exact) mass is 346 g/mol. The van der Waals surface area contributed by atoms with Gasteiger partial charge in [0, 0.05) is 47.4 Å². The van der Waals surface area contributed by atoms with Crippen LogP contribution in [0.1, 0.15) is 6.42 Å². The Morgan fingerprint density at radius 2 is 2.26 bits per heavy atom. The Morgan fingerprint density at radius 1 is 1.47 bits per heavy atom. The third-order valence-corrected chi connectivity index (χ3v) is 5.42. The molecule has 19 heavy (non-hydrogen) atoms. The molecule has 7 heteroatoms. The highest BCUT2D eigenvalue weighted by atomic mass is 79.9. The Bertz CT molecular complexity index is 581. The third kappa shape index (κ3) is 2.41. The molecule has 102 valence electrons. The van der Waals surface area contributed by atoms with Gasteiger partial charge in [0.25, 0.3) is 0 Å². The van der Waals surface area contributed by atoms with Crippen LogP contribution in [0.5, 0.6) is 0 Å². The normalized spacial score (nSPS) is 26.2. The number of anilines is 2. The molecule has 0 aliphatic carbocycles. The molecular weight excluding hydrogens is 335 g/mol. The molecule has 1 amide bonds. The lowest BCUT2D eigenvalue weighted by atomic mass is 10.1. The van der Waals surface area contributed by atoms with Crippen LogP contribution >= 0.6 is 15.9 Å². The number of fused-ring (bicyclic) bond motifs is 3. The molecule has 2 aliphatic heterocycles. The fourth-order valence-corrected chi connectivity index (χ4v) is 4.18. The van der Waals surface area contributed by atoms with Crippen molar-refractivity contribution in [2.45, 2.75) is 12.5 Å². The maximum atomic E-state index is 13.7. The van der Waals surface area contributed by atoms with E-state index in [-0.39, 0.29) is 17.8 Å². The Kier molecular flexibility index (Phi) is 3.34. The first-order chi connectivity index (χ1) is 9.04. The molecule has 4 nitrogen and oxygen atoms in total. The number of nitrogens with zero attached hydrogens (tertiary/aromatic N) is 1. The largest absolute Gasteiger partial charge is 0.364 e. The van der Waals surface area contributed by atoms with Crippen molar-refractivity contribution in [3.63, 3.8) is 0 Å². The molecule has 2 heterocycles. The van der Waals surface area contributed by atoms with Gasteiger partial charge in [0.2, 0.25) is 5.91 Å². The summed E-state index contributed by atoms with van der Waals surface area (Å²) in [7, 11) is -0.892. The van der Waals surface area contributed by atoms with Gasteiger partial charge in [0.15, 0.2) is 0 Å². The average Bonchev–Trinajstić information content (AvgIpc) is 2.45. The minimum atomic E-state index is -0.892. The molecular formula is C12H12BrFN2O2S. The van der Waals surface area contributed by atoms with Gasteiger partial charge >= 0.3 is 0 Å². The zero-order valence-corrected chi connectivity index (χ0v) is 12.4. The van der Waals surface area contributed by atoms with E-state index in [0.717, 1.165) is 0 Å². The Balaban J connectivity index is 2.08. The van der Waals surface area contributed by atoms with E-state index in [0.29, 0.717) is 40.3 Å². The van der Waals surface area contributed by atoms with Gasteiger partial charge in [0.1, 0.15) is 5.82 Å². The van der Waals surface area contributed by atoms with Crippen LogP contribution in [-0.2, 0) is 15.6 Å². The first-order valence-electron chi connectivity index (χ1n) is 5.95. The molecule has 0 aromatic heterocycles. The number of rotatable bonds is 0. The van der Waals surface area contributed by atoms with Crippen LogP contribution in [0.15, 0.2) is 16.6 Å². The van der Waals surface area contributed by atoms with Gasteiger partial charge in [-0.3, -0.25) is 9.00 Å².